The number of phenolic OH excluding ortho intramolecular Hbond substituents is 1. The van der Waals surface area contributed by atoms with E-state index in [1.54, 1.807) is 19.2 Å². The Kier molecular flexibility index (Phi) is 6.03. The Balaban J connectivity index is 1.84. The molecule has 0 bridgehead atoms. The van der Waals surface area contributed by atoms with Crippen LogP contribution in [0.4, 0.5) is 4.39 Å². The van der Waals surface area contributed by atoms with Gasteiger partial charge < -0.3 is 9.84 Å². The smallest absolute Gasteiger partial charge is 0.160 e. The van der Waals surface area contributed by atoms with E-state index in [-0.39, 0.29) is 11.6 Å². The summed E-state index contributed by atoms with van der Waals surface area (Å²) >= 11 is 0. The number of aryl methyl sites for hydroxylation is 3. The molecular formula is C20H25FO2. The summed E-state index contributed by atoms with van der Waals surface area (Å²) in [5.41, 5.74) is 2.90. The highest BCUT2D eigenvalue weighted by Gasteiger charge is 2.08. The molecule has 3 heteroatoms. The van der Waals surface area contributed by atoms with Crippen molar-refractivity contribution >= 4 is 0 Å². The van der Waals surface area contributed by atoms with Crippen LogP contribution in [-0.4, -0.2) is 12.2 Å². The first-order chi connectivity index (χ1) is 11.0. The van der Waals surface area contributed by atoms with Crippen LogP contribution in [0.2, 0.25) is 0 Å². The van der Waals surface area contributed by atoms with Crippen LogP contribution in [0.5, 0.6) is 11.5 Å². The SMILES string of the molecule is COc1cc(CCC(C)CCc2ccc(C)cc2F)ccc1O. The van der Waals surface area contributed by atoms with Crippen molar-refractivity contribution in [2.24, 2.45) is 5.92 Å². The maximum absolute atomic E-state index is 13.8. The summed E-state index contributed by atoms with van der Waals surface area (Å²) in [6, 6.07) is 10.9. The van der Waals surface area contributed by atoms with Crippen molar-refractivity contribution in [2.75, 3.05) is 7.11 Å². The first-order valence-corrected chi connectivity index (χ1v) is 8.10. The minimum Gasteiger partial charge on any atom is -0.504 e. The fourth-order valence-electron chi connectivity index (χ4n) is 2.69. The normalized spacial score (nSPS) is 12.2. The van der Waals surface area contributed by atoms with E-state index in [1.165, 1.54) is 0 Å². The lowest BCUT2D eigenvalue weighted by molar-refractivity contribution is 0.372. The Morgan fingerprint density at radius 3 is 2.52 bits per heavy atom. The van der Waals surface area contributed by atoms with Gasteiger partial charge in [-0.05, 0) is 73.4 Å². The Labute approximate surface area is 137 Å². The standard InChI is InChI=1S/C20H25FO2/c1-14(5-9-17-10-6-15(2)12-18(17)21)4-7-16-8-11-19(22)20(13-16)23-3/h6,8,10-14,22H,4-5,7,9H2,1-3H3. The van der Waals surface area contributed by atoms with Gasteiger partial charge in [-0.25, -0.2) is 4.39 Å². The van der Waals surface area contributed by atoms with E-state index < -0.39 is 0 Å². The third-order valence-electron chi connectivity index (χ3n) is 4.28. The van der Waals surface area contributed by atoms with Gasteiger partial charge in [-0.2, -0.15) is 0 Å². The molecule has 0 radical (unpaired) electrons. The summed E-state index contributed by atoms with van der Waals surface area (Å²) in [4.78, 5) is 0. The van der Waals surface area contributed by atoms with Crippen LogP contribution in [0.15, 0.2) is 36.4 Å². The number of benzene rings is 2. The van der Waals surface area contributed by atoms with E-state index in [4.69, 9.17) is 4.74 Å². The topological polar surface area (TPSA) is 29.5 Å². The molecule has 2 rings (SSSR count). The maximum Gasteiger partial charge on any atom is 0.160 e. The third-order valence-corrected chi connectivity index (χ3v) is 4.28. The summed E-state index contributed by atoms with van der Waals surface area (Å²) in [7, 11) is 1.55. The average Bonchev–Trinajstić information content (AvgIpc) is 2.53. The predicted molar refractivity (Wildman–Crippen MR) is 91.6 cm³/mol. The number of halogens is 1. The van der Waals surface area contributed by atoms with Gasteiger partial charge in [-0.1, -0.05) is 25.1 Å². The van der Waals surface area contributed by atoms with Gasteiger partial charge in [-0.15, -0.1) is 0 Å². The molecule has 0 aliphatic carbocycles. The molecule has 0 spiro atoms. The number of aromatic hydroxyl groups is 1. The molecule has 0 saturated carbocycles. The number of rotatable bonds is 7. The van der Waals surface area contributed by atoms with Crippen molar-refractivity contribution < 1.29 is 14.2 Å². The highest BCUT2D eigenvalue weighted by molar-refractivity contribution is 5.41. The minimum absolute atomic E-state index is 0.0968. The number of phenols is 1. The highest BCUT2D eigenvalue weighted by atomic mass is 19.1. The van der Waals surface area contributed by atoms with Crippen LogP contribution in [0.3, 0.4) is 0 Å². The van der Waals surface area contributed by atoms with Crippen LogP contribution < -0.4 is 4.74 Å². The Morgan fingerprint density at radius 2 is 1.83 bits per heavy atom. The van der Waals surface area contributed by atoms with Gasteiger partial charge >= 0.3 is 0 Å². The lowest BCUT2D eigenvalue weighted by atomic mass is 9.94. The van der Waals surface area contributed by atoms with Gasteiger partial charge in [0.25, 0.3) is 0 Å². The van der Waals surface area contributed by atoms with Gasteiger partial charge in [0, 0.05) is 0 Å². The second-order valence-corrected chi connectivity index (χ2v) is 6.28. The Hall–Kier alpha value is -2.03. The lowest BCUT2D eigenvalue weighted by Crippen LogP contribution is -2.01. The number of hydrogen-bond donors (Lipinski definition) is 1. The number of methoxy groups -OCH3 is 1. The molecule has 0 saturated heterocycles. The van der Waals surface area contributed by atoms with Crippen molar-refractivity contribution in [2.45, 2.75) is 39.5 Å². The monoisotopic (exact) mass is 316 g/mol. The molecule has 1 N–H and O–H groups in total. The van der Waals surface area contributed by atoms with E-state index >= 15 is 0 Å². The molecule has 124 valence electrons. The summed E-state index contributed by atoms with van der Waals surface area (Å²) in [5.74, 6) is 1.09. The molecule has 1 unspecified atom stereocenters. The molecular weight excluding hydrogens is 291 g/mol. The van der Waals surface area contributed by atoms with Crippen LogP contribution in [0, 0.1) is 18.7 Å². The largest absolute Gasteiger partial charge is 0.504 e. The van der Waals surface area contributed by atoms with Gasteiger partial charge in [0.05, 0.1) is 7.11 Å². The maximum atomic E-state index is 13.8. The molecule has 0 aliphatic heterocycles. The molecule has 23 heavy (non-hydrogen) atoms. The van der Waals surface area contributed by atoms with E-state index in [2.05, 4.69) is 6.92 Å². The van der Waals surface area contributed by atoms with Gasteiger partial charge in [0.2, 0.25) is 0 Å². The molecule has 0 fully saturated rings. The van der Waals surface area contributed by atoms with Crippen molar-refractivity contribution in [1.82, 2.24) is 0 Å². The van der Waals surface area contributed by atoms with E-state index in [0.717, 1.165) is 42.4 Å². The Morgan fingerprint density at radius 1 is 1.09 bits per heavy atom. The average molecular weight is 316 g/mol. The van der Waals surface area contributed by atoms with E-state index in [0.29, 0.717) is 11.7 Å². The zero-order valence-corrected chi connectivity index (χ0v) is 14.1. The first kappa shape index (κ1) is 17.3. The summed E-state index contributed by atoms with van der Waals surface area (Å²) < 4.78 is 19.0. The van der Waals surface area contributed by atoms with Crippen LogP contribution in [-0.2, 0) is 12.8 Å². The molecule has 2 nitrogen and oxygen atoms in total. The zero-order valence-electron chi connectivity index (χ0n) is 14.1. The summed E-state index contributed by atoms with van der Waals surface area (Å²) in [6.07, 6.45) is 3.69. The third kappa shape index (κ3) is 4.98. The van der Waals surface area contributed by atoms with Gasteiger partial charge in [0.1, 0.15) is 5.82 Å². The summed E-state index contributed by atoms with van der Waals surface area (Å²) in [6.45, 7) is 4.10. The van der Waals surface area contributed by atoms with Crippen LogP contribution in [0.1, 0.15) is 36.5 Å². The molecule has 2 aromatic carbocycles. The molecule has 0 aromatic heterocycles. The van der Waals surface area contributed by atoms with Crippen LogP contribution >= 0.6 is 0 Å². The quantitative estimate of drug-likeness (QED) is 0.774. The fraction of sp³-hybridized carbons (Fsp3) is 0.400. The highest BCUT2D eigenvalue weighted by Crippen LogP contribution is 2.27. The minimum atomic E-state index is -0.0968. The van der Waals surface area contributed by atoms with Gasteiger partial charge in [-0.3, -0.25) is 0 Å². The van der Waals surface area contributed by atoms with E-state index in [1.807, 2.05) is 31.2 Å². The molecule has 1 atom stereocenters. The Bertz CT molecular complexity index is 652. The second kappa shape index (κ2) is 8.00. The predicted octanol–water partition coefficient (Wildman–Crippen LogP) is 5.05. The van der Waals surface area contributed by atoms with Gasteiger partial charge in [0.15, 0.2) is 11.5 Å². The molecule has 2 aromatic rings. The van der Waals surface area contributed by atoms with E-state index in [9.17, 15) is 9.50 Å². The van der Waals surface area contributed by atoms with Crippen molar-refractivity contribution in [3.05, 3.63) is 58.9 Å². The zero-order chi connectivity index (χ0) is 16.8. The number of hydrogen-bond acceptors (Lipinski definition) is 2. The fourth-order valence-corrected chi connectivity index (χ4v) is 2.69. The van der Waals surface area contributed by atoms with Crippen molar-refractivity contribution in [3.8, 4) is 11.5 Å². The molecule has 0 aliphatic rings. The first-order valence-electron chi connectivity index (χ1n) is 8.10. The lowest BCUT2D eigenvalue weighted by Gasteiger charge is -2.13. The molecule has 0 heterocycles. The molecule has 0 amide bonds. The summed E-state index contributed by atoms with van der Waals surface area (Å²) in [5, 5.41) is 9.61. The number of ether oxygens (including phenoxy) is 1. The van der Waals surface area contributed by atoms with Crippen molar-refractivity contribution in [3.63, 3.8) is 0 Å². The second-order valence-electron chi connectivity index (χ2n) is 6.28. The van der Waals surface area contributed by atoms with Crippen molar-refractivity contribution in [1.29, 1.82) is 0 Å². The van der Waals surface area contributed by atoms with Crippen LogP contribution in [0.25, 0.3) is 0 Å².